The number of carbonyl (C=O) groups is 2. The minimum Gasteiger partial charge on any atom is -0.479 e. The van der Waals surface area contributed by atoms with Crippen LogP contribution in [0.5, 0.6) is 0 Å². The molecule has 1 unspecified atom stereocenters. The van der Waals surface area contributed by atoms with Crippen LogP contribution in [0, 0.1) is 0 Å². The van der Waals surface area contributed by atoms with Crippen LogP contribution < -0.4 is 5.32 Å². The molecule has 1 aromatic heterocycles. The highest BCUT2D eigenvalue weighted by molar-refractivity contribution is 7.99. The maximum atomic E-state index is 12.3. The van der Waals surface area contributed by atoms with Gasteiger partial charge in [-0.05, 0) is 12.2 Å². The Labute approximate surface area is 131 Å². The van der Waals surface area contributed by atoms with Crippen LogP contribution in [0.15, 0.2) is 6.20 Å². The van der Waals surface area contributed by atoms with Crippen molar-refractivity contribution in [3.05, 3.63) is 22.7 Å². The van der Waals surface area contributed by atoms with Gasteiger partial charge in [0.25, 0.3) is 5.91 Å². The molecule has 2 N–H and O–H groups in total. The number of thioether (sulfide) groups is 1. The number of aromatic nitrogens is 2. The Balaban J connectivity index is 2.28. The quantitative estimate of drug-likeness (QED) is 0.877. The summed E-state index contributed by atoms with van der Waals surface area (Å²) in [5, 5.41) is 12.1. The summed E-state index contributed by atoms with van der Waals surface area (Å²) in [6.45, 7) is 3.80. The summed E-state index contributed by atoms with van der Waals surface area (Å²) in [5.74, 6) is -0.0295. The molecule has 21 heavy (non-hydrogen) atoms. The van der Waals surface area contributed by atoms with Crippen molar-refractivity contribution in [3.63, 3.8) is 0 Å². The average Bonchev–Trinajstić information content (AvgIpc) is 2.88. The van der Waals surface area contributed by atoms with Crippen LogP contribution in [-0.4, -0.2) is 44.0 Å². The predicted octanol–water partition coefficient (Wildman–Crippen LogP) is 1.94. The summed E-state index contributed by atoms with van der Waals surface area (Å²) in [6, 6.07) is 0. The van der Waals surface area contributed by atoms with Gasteiger partial charge < -0.3 is 10.4 Å². The van der Waals surface area contributed by atoms with Gasteiger partial charge in [-0.2, -0.15) is 11.8 Å². The number of nitrogens with zero attached hydrogens (tertiary/aromatic N) is 2. The van der Waals surface area contributed by atoms with Crippen LogP contribution >= 0.6 is 23.4 Å². The number of halogens is 1. The number of carboxylic acid groups (broad SMARTS) is 1. The van der Waals surface area contributed by atoms with Gasteiger partial charge in [-0.15, -0.1) is 0 Å². The number of hydrogen-bond acceptors (Lipinski definition) is 5. The smallest absolute Gasteiger partial charge is 0.330 e. The fraction of sp³-hybridized carbons (Fsp3) is 0.538. The van der Waals surface area contributed by atoms with Crippen molar-refractivity contribution < 1.29 is 14.7 Å². The Morgan fingerprint density at radius 1 is 1.52 bits per heavy atom. The van der Waals surface area contributed by atoms with E-state index in [9.17, 15) is 14.7 Å². The highest BCUT2D eigenvalue weighted by atomic mass is 35.5. The summed E-state index contributed by atoms with van der Waals surface area (Å²) in [7, 11) is 0. The van der Waals surface area contributed by atoms with Gasteiger partial charge in [0.2, 0.25) is 0 Å². The van der Waals surface area contributed by atoms with Crippen molar-refractivity contribution >= 4 is 35.2 Å². The van der Waals surface area contributed by atoms with E-state index in [1.165, 1.54) is 18.0 Å². The van der Waals surface area contributed by atoms with Gasteiger partial charge >= 0.3 is 5.97 Å². The van der Waals surface area contributed by atoms with Crippen LogP contribution in [0.3, 0.4) is 0 Å². The first-order chi connectivity index (χ1) is 9.85. The Morgan fingerprint density at radius 3 is 2.76 bits per heavy atom. The highest BCUT2D eigenvalue weighted by Crippen LogP contribution is 2.29. The molecule has 1 aromatic rings. The molecule has 1 aliphatic rings. The Hall–Kier alpha value is -1.34. The highest BCUT2D eigenvalue weighted by Gasteiger charge is 2.43. The molecule has 0 aliphatic carbocycles. The van der Waals surface area contributed by atoms with Gasteiger partial charge in [0.05, 0.1) is 11.2 Å². The van der Waals surface area contributed by atoms with Crippen molar-refractivity contribution in [1.82, 2.24) is 15.3 Å². The number of aliphatic carboxylic acids is 1. The van der Waals surface area contributed by atoms with E-state index < -0.39 is 17.4 Å². The Bertz CT molecular complexity index is 574. The fourth-order valence-electron chi connectivity index (χ4n) is 1.98. The summed E-state index contributed by atoms with van der Waals surface area (Å²) >= 11 is 7.47. The zero-order chi connectivity index (χ0) is 15.6. The van der Waals surface area contributed by atoms with E-state index >= 15 is 0 Å². The molecule has 0 spiro atoms. The standard InChI is InChI=1S/C13H16ClN3O3S/c1-7(2)10-15-5-8(14)9(16-10)11(18)17-13(12(19)20)3-4-21-6-13/h5,7H,3-4,6H2,1-2H3,(H,17,18)(H,19,20). The second kappa shape index (κ2) is 6.19. The first kappa shape index (κ1) is 16.0. The van der Waals surface area contributed by atoms with E-state index in [1.54, 1.807) is 0 Å². The van der Waals surface area contributed by atoms with E-state index in [2.05, 4.69) is 15.3 Å². The van der Waals surface area contributed by atoms with Gasteiger partial charge in [0.15, 0.2) is 0 Å². The molecular weight excluding hydrogens is 314 g/mol. The fourth-order valence-corrected chi connectivity index (χ4v) is 3.48. The number of hydrogen-bond donors (Lipinski definition) is 2. The predicted molar refractivity (Wildman–Crippen MR) is 80.9 cm³/mol. The lowest BCUT2D eigenvalue weighted by molar-refractivity contribution is -0.143. The molecule has 2 rings (SSSR count). The largest absolute Gasteiger partial charge is 0.479 e. The SMILES string of the molecule is CC(C)c1ncc(Cl)c(C(=O)NC2(C(=O)O)CCSC2)n1. The number of carboxylic acids is 1. The molecule has 114 valence electrons. The van der Waals surface area contributed by atoms with E-state index in [0.717, 1.165) is 0 Å². The van der Waals surface area contributed by atoms with E-state index in [4.69, 9.17) is 11.6 Å². The van der Waals surface area contributed by atoms with Crippen molar-refractivity contribution in [3.8, 4) is 0 Å². The van der Waals surface area contributed by atoms with Crippen molar-refractivity contribution in [1.29, 1.82) is 0 Å². The lowest BCUT2D eigenvalue weighted by Crippen LogP contribution is -2.55. The Morgan fingerprint density at radius 2 is 2.24 bits per heavy atom. The summed E-state index contributed by atoms with van der Waals surface area (Å²) in [5.41, 5.74) is -1.22. The van der Waals surface area contributed by atoms with Crippen LogP contribution in [0.1, 0.15) is 42.5 Å². The number of rotatable bonds is 4. The molecule has 0 aromatic carbocycles. The van der Waals surface area contributed by atoms with Crippen molar-refractivity contribution in [2.24, 2.45) is 0 Å². The molecular formula is C13H16ClN3O3S. The van der Waals surface area contributed by atoms with Gasteiger partial charge in [-0.3, -0.25) is 4.79 Å². The monoisotopic (exact) mass is 329 g/mol. The van der Waals surface area contributed by atoms with Gasteiger partial charge in [-0.1, -0.05) is 25.4 Å². The molecule has 1 aliphatic heterocycles. The minimum atomic E-state index is -1.24. The average molecular weight is 330 g/mol. The van der Waals surface area contributed by atoms with Crippen LogP contribution in [0.25, 0.3) is 0 Å². The number of nitrogens with one attached hydrogen (secondary N) is 1. The maximum absolute atomic E-state index is 12.3. The van der Waals surface area contributed by atoms with Crippen LogP contribution in [-0.2, 0) is 4.79 Å². The van der Waals surface area contributed by atoms with Crippen molar-refractivity contribution in [2.75, 3.05) is 11.5 Å². The molecule has 0 bridgehead atoms. The summed E-state index contributed by atoms with van der Waals surface area (Å²) in [6.07, 6.45) is 1.76. The lowest BCUT2D eigenvalue weighted by Gasteiger charge is -2.24. The molecule has 2 heterocycles. The first-order valence-electron chi connectivity index (χ1n) is 6.52. The number of carbonyl (C=O) groups excluding carboxylic acids is 1. The molecule has 6 nitrogen and oxygen atoms in total. The number of amides is 1. The van der Waals surface area contributed by atoms with E-state index in [1.807, 2.05) is 13.8 Å². The second-order valence-corrected chi connectivity index (χ2v) is 6.74. The van der Waals surface area contributed by atoms with Gasteiger partial charge in [0.1, 0.15) is 17.1 Å². The molecule has 1 amide bonds. The van der Waals surface area contributed by atoms with E-state index in [-0.39, 0.29) is 16.6 Å². The minimum absolute atomic E-state index is 0.0212. The topological polar surface area (TPSA) is 92.2 Å². The first-order valence-corrected chi connectivity index (χ1v) is 8.05. The van der Waals surface area contributed by atoms with Crippen LogP contribution in [0.2, 0.25) is 5.02 Å². The normalized spacial score (nSPS) is 21.5. The third-order valence-corrected chi connectivity index (χ3v) is 4.74. The van der Waals surface area contributed by atoms with Crippen LogP contribution in [0.4, 0.5) is 0 Å². The molecule has 1 fully saturated rings. The van der Waals surface area contributed by atoms with Gasteiger partial charge in [0, 0.05) is 11.7 Å². The lowest BCUT2D eigenvalue weighted by atomic mass is 9.99. The van der Waals surface area contributed by atoms with Crippen molar-refractivity contribution in [2.45, 2.75) is 31.7 Å². The zero-order valence-electron chi connectivity index (χ0n) is 11.7. The van der Waals surface area contributed by atoms with Gasteiger partial charge in [-0.25, -0.2) is 14.8 Å². The third-order valence-electron chi connectivity index (χ3n) is 3.28. The van der Waals surface area contributed by atoms with E-state index in [0.29, 0.717) is 23.8 Å². The summed E-state index contributed by atoms with van der Waals surface area (Å²) in [4.78, 5) is 32.0. The molecule has 1 atom stereocenters. The molecule has 8 heteroatoms. The zero-order valence-corrected chi connectivity index (χ0v) is 13.3. The molecule has 0 radical (unpaired) electrons. The Kier molecular flexibility index (Phi) is 4.73. The molecule has 1 saturated heterocycles. The third kappa shape index (κ3) is 3.29. The summed E-state index contributed by atoms with van der Waals surface area (Å²) < 4.78 is 0. The molecule has 0 saturated carbocycles. The maximum Gasteiger partial charge on any atom is 0.330 e. The second-order valence-electron chi connectivity index (χ2n) is 5.22.